The van der Waals surface area contributed by atoms with Crippen LogP contribution in [-0.4, -0.2) is 5.16 Å². The zero-order valence-electron chi connectivity index (χ0n) is 9.03. The summed E-state index contributed by atoms with van der Waals surface area (Å²) in [5, 5.41) is 4.51. The number of aryl methyl sites for hydroxylation is 1. The monoisotopic (exact) mass is 236 g/mol. The number of aromatic nitrogens is 1. The van der Waals surface area contributed by atoms with E-state index < -0.39 is 0 Å². The molecule has 16 heavy (non-hydrogen) atoms. The molecule has 0 bridgehead atoms. The molecule has 2 N–H and O–H groups in total. The summed E-state index contributed by atoms with van der Waals surface area (Å²) in [6.45, 7) is 2.09. The maximum atomic E-state index is 5.84. The van der Waals surface area contributed by atoms with Gasteiger partial charge in [-0.15, -0.1) is 0 Å². The van der Waals surface area contributed by atoms with Crippen molar-refractivity contribution < 1.29 is 4.52 Å². The van der Waals surface area contributed by atoms with E-state index >= 15 is 0 Å². The van der Waals surface area contributed by atoms with Crippen LogP contribution in [-0.2, 0) is 6.42 Å². The van der Waals surface area contributed by atoms with Crippen molar-refractivity contribution in [3.8, 4) is 11.1 Å². The van der Waals surface area contributed by atoms with Crippen molar-refractivity contribution in [2.75, 3.05) is 5.73 Å². The predicted octanol–water partition coefficient (Wildman–Crippen LogP) is 3.53. The number of rotatable bonds is 3. The van der Waals surface area contributed by atoms with Crippen LogP contribution in [0.25, 0.3) is 11.1 Å². The van der Waals surface area contributed by atoms with Crippen molar-refractivity contribution in [2.24, 2.45) is 0 Å². The maximum Gasteiger partial charge on any atom is 0.175 e. The minimum atomic E-state index is 0.436. The summed E-state index contributed by atoms with van der Waals surface area (Å²) >= 11 is 5.84. The Kier molecular flexibility index (Phi) is 3.15. The van der Waals surface area contributed by atoms with Gasteiger partial charge in [-0.2, -0.15) is 0 Å². The van der Waals surface area contributed by atoms with Crippen molar-refractivity contribution in [2.45, 2.75) is 19.8 Å². The number of nitrogens with zero attached hydrogens (tertiary/aromatic N) is 1. The van der Waals surface area contributed by atoms with Gasteiger partial charge in [-0.3, -0.25) is 0 Å². The highest BCUT2D eigenvalue weighted by Crippen LogP contribution is 2.30. The average molecular weight is 237 g/mol. The van der Waals surface area contributed by atoms with Gasteiger partial charge in [0.05, 0.1) is 5.56 Å². The summed E-state index contributed by atoms with van der Waals surface area (Å²) in [5.74, 6) is 1.27. The van der Waals surface area contributed by atoms with Gasteiger partial charge in [0.2, 0.25) is 0 Å². The summed E-state index contributed by atoms with van der Waals surface area (Å²) in [7, 11) is 0. The van der Waals surface area contributed by atoms with Crippen LogP contribution < -0.4 is 5.73 Å². The molecule has 84 valence electrons. The number of benzene rings is 1. The van der Waals surface area contributed by atoms with Gasteiger partial charge < -0.3 is 10.3 Å². The van der Waals surface area contributed by atoms with E-state index in [-0.39, 0.29) is 0 Å². The van der Waals surface area contributed by atoms with Crippen molar-refractivity contribution in [3.63, 3.8) is 0 Å². The molecule has 1 aromatic carbocycles. The van der Waals surface area contributed by atoms with E-state index in [1.165, 1.54) is 0 Å². The molecule has 0 atom stereocenters. The average Bonchev–Trinajstić information content (AvgIpc) is 2.62. The number of anilines is 1. The minimum absolute atomic E-state index is 0.436. The third-order valence-electron chi connectivity index (χ3n) is 2.40. The molecule has 0 aliphatic carbocycles. The molecule has 0 amide bonds. The molecule has 0 saturated heterocycles. The van der Waals surface area contributed by atoms with E-state index in [4.69, 9.17) is 21.9 Å². The van der Waals surface area contributed by atoms with Gasteiger partial charge in [0.25, 0.3) is 0 Å². The van der Waals surface area contributed by atoms with Gasteiger partial charge in [-0.1, -0.05) is 35.8 Å². The van der Waals surface area contributed by atoms with E-state index in [9.17, 15) is 0 Å². The van der Waals surface area contributed by atoms with E-state index in [1.54, 1.807) is 0 Å². The van der Waals surface area contributed by atoms with E-state index in [2.05, 4.69) is 12.1 Å². The lowest BCUT2D eigenvalue weighted by molar-refractivity contribution is 0.385. The molecule has 4 heteroatoms. The van der Waals surface area contributed by atoms with Crippen LogP contribution in [0.1, 0.15) is 19.1 Å². The third kappa shape index (κ3) is 2.04. The minimum Gasteiger partial charge on any atom is -0.380 e. The topological polar surface area (TPSA) is 52.0 Å². The second-order valence-corrected chi connectivity index (χ2v) is 4.06. The Morgan fingerprint density at radius 1 is 1.31 bits per heavy atom. The molecule has 0 fully saturated rings. The van der Waals surface area contributed by atoms with Crippen molar-refractivity contribution >= 4 is 17.4 Å². The molecule has 0 saturated carbocycles. The maximum absolute atomic E-state index is 5.84. The third-order valence-corrected chi connectivity index (χ3v) is 2.65. The highest BCUT2D eigenvalue weighted by Gasteiger charge is 2.14. The fraction of sp³-hybridized carbons (Fsp3) is 0.250. The molecule has 1 aromatic heterocycles. The van der Waals surface area contributed by atoms with Crippen molar-refractivity contribution in [1.82, 2.24) is 5.16 Å². The number of halogens is 1. The van der Waals surface area contributed by atoms with Gasteiger partial charge in [-0.25, -0.2) is 0 Å². The van der Waals surface area contributed by atoms with Crippen LogP contribution in [0.3, 0.4) is 0 Å². The molecular weight excluding hydrogens is 224 g/mol. The lowest BCUT2D eigenvalue weighted by Gasteiger charge is -2.01. The first-order valence-corrected chi connectivity index (χ1v) is 5.60. The zero-order chi connectivity index (χ0) is 11.5. The fourth-order valence-corrected chi connectivity index (χ4v) is 1.79. The number of hydrogen-bond donors (Lipinski definition) is 1. The van der Waals surface area contributed by atoms with Crippen LogP contribution >= 0.6 is 11.6 Å². The Hall–Kier alpha value is -1.48. The van der Waals surface area contributed by atoms with Crippen molar-refractivity contribution in [3.05, 3.63) is 35.0 Å². The summed E-state index contributed by atoms with van der Waals surface area (Å²) in [6, 6.07) is 7.51. The highest BCUT2D eigenvalue weighted by atomic mass is 35.5. The normalized spacial score (nSPS) is 10.6. The first kappa shape index (κ1) is 11.0. The quantitative estimate of drug-likeness (QED) is 0.887. The van der Waals surface area contributed by atoms with Gasteiger partial charge in [0.1, 0.15) is 5.76 Å². The molecule has 3 nitrogen and oxygen atoms in total. The van der Waals surface area contributed by atoms with E-state index in [0.717, 1.165) is 29.7 Å². The molecule has 1 heterocycles. The SMILES string of the molecule is CCCc1onc(N)c1-c1ccc(Cl)cc1. The first-order chi connectivity index (χ1) is 7.72. The van der Waals surface area contributed by atoms with Crippen molar-refractivity contribution in [1.29, 1.82) is 0 Å². The lowest BCUT2D eigenvalue weighted by Crippen LogP contribution is -1.90. The van der Waals surface area contributed by atoms with Crippen LogP contribution in [0.15, 0.2) is 28.8 Å². The Balaban J connectivity index is 2.45. The fourth-order valence-electron chi connectivity index (χ4n) is 1.66. The van der Waals surface area contributed by atoms with Crippen LogP contribution in [0.4, 0.5) is 5.82 Å². The predicted molar refractivity (Wildman–Crippen MR) is 65.4 cm³/mol. The molecule has 2 rings (SSSR count). The zero-order valence-corrected chi connectivity index (χ0v) is 9.79. The Labute approximate surface area is 99.2 Å². The highest BCUT2D eigenvalue weighted by molar-refractivity contribution is 6.30. The molecule has 0 unspecified atom stereocenters. The molecule has 0 spiro atoms. The lowest BCUT2D eigenvalue weighted by atomic mass is 10.0. The Morgan fingerprint density at radius 3 is 2.62 bits per heavy atom. The van der Waals surface area contributed by atoms with E-state index in [1.807, 2.05) is 24.3 Å². The first-order valence-electron chi connectivity index (χ1n) is 5.22. The molecule has 0 aliphatic rings. The smallest absolute Gasteiger partial charge is 0.175 e. The van der Waals surface area contributed by atoms with Crippen LogP contribution in [0, 0.1) is 0 Å². The summed E-state index contributed by atoms with van der Waals surface area (Å²) in [5.41, 5.74) is 7.68. The van der Waals surface area contributed by atoms with E-state index in [0.29, 0.717) is 10.8 Å². The molecule has 2 aromatic rings. The summed E-state index contributed by atoms with van der Waals surface area (Å²) < 4.78 is 5.21. The van der Waals surface area contributed by atoms with Gasteiger partial charge >= 0.3 is 0 Å². The molecule has 0 aliphatic heterocycles. The Bertz CT molecular complexity index is 476. The largest absolute Gasteiger partial charge is 0.380 e. The number of nitrogen functional groups attached to an aromatic ring is 1. The second-order valence-electron chi connectivity index (χ2n) is 3.62. The Morgan fingerprint density at radius 2 is 2.00 bits per heavy atom. The van der Waals surface area contributed by atoms with Crippen LogP contribution in [0.5, 0.6) is 0 Å². The molecule has 0 radical (unpaired) electrons. The summed E-state index contributed by atoms with van der Waals surface area (Å²) in [6.07, 6.45) is 1.83. The van der Waals surface area contributed by atoms with Crippen LogP contribution in [0.2, 0.25) is 5.02 Å². The standard InChI is InChI=1S/C12H13ClN2O/c1-2-3-10-11(12(14)15-16-10)8-4-6-9(13)7-5-8/h4-7H,2-3H2,1H3,(H2,14,15). The van der Waals surface area contributed by atoms with Gasteiger partial charge in [-0.05, 0) is 24.1 Å². The second kappa shape index (κ2) is 4.58. The number of nitrogens with two attached hydrogens (primary N) is 1. The van der Waals surface area contributed by atoms with Gasteiger partial charge in [0.15, 0.2) is 5.82 Å². The summed E-state index contributed by atoms with van der Waals surface area (Å²) in [4.78, 5) is 0. The van der Waals surface area contributed by atoms with Gasteiger partial charge in [0, 0.05) is 11.4 Å². The molecular formula is C12H13ClN2O. The number of hydrogen-bond acceptors (Lipinski definition) is 3.